The number of hydrogen-bond acceptors (Lipinski definition) is 4. The van der Waals surface area contributed by atoms with E-state index in [0.29, 0.717) is 25.1 Å². The number of pyridine rings is 1. The Balaban J connectivity index is 1.92. The molecule has 0 unspecified atom stereocenters. The molecule has 5 nitrogen and oxygen atoms in total. The lowest BCUT2D eigenvalue weighted by molar-refractivity contribution is 0.414. The lowest BCUT2D eigenvalue weighted by atomic mass is 10.2. The molecule has 0 aliphatic heterocycles. The van der Waals surface area contributed by atoms with E-state index >= 15 is 0 Å². The highest BCUT2D eigenvalue weighted by Gasteiger charge is 2.15. The van der Waals surface area contributed by atoms with Crippen LogP contribution in [0.3, 0.4) is 0 Å². The quantitative estimate of drug-likeness (QED) is 0.787. The SMILES string of the molecule is COc1ccc(S(=O)(=O)NCCCc2ccccn2)cc1Cl. The highest BCUT2D eigenvalue weighted by molar-refractivity contribution is 7.89. The van der Waals surface area contributed by atoms with Gasteiger partial charge in [0.1, 0.15) is 5.75 Å². The number of rotatable bonds is 7. The van der Waals surface area contributed by atoms with Gasteiger partial charge in [-0.25, -0.2) is 13.1 Å². The number of aromatic nitrogens is 1. The van der Waals surface area contributed by atoms with Crippen LogP contribution in [-0.4, -0.2) is 27.1 Å². The molecule has 22 heavy (non-hydrogen) atoms. The summed E-state index contributed by atoms with van der Waals surface area (Å²) in [5.74, 6) is 0.441. The highest BCUT2D eigenvalue weighted by atomic mass is 35.5. The van der Waals surface area contributed by atoms with Crippen LogP contribution in [0.4, 0.5) is 0 Å². The predicted molar refractivity (Wildman–Crippen MR) is 85.8 cm³/mol. The third kappa shape index (κ3) is 4.43. The summed E-state index contributed by atoms with van der Waals surface area (Å²) in [6.45, 7) is 0.336. The third-order valence-electron chi connectivity index (χ3n) is 3.06. The monoisotopic (exact) mass is 340 g/mol. The van der Waals surface area contributed by atoms with Gasteiger partial charge in [-0.2, -0.15) is 0 Å². The Bertz CT molecular complexity index is 721. The lowest BCUT2D eigenvalue weighted by Gasteiger charge is -2.09. The Kier molecular flexibility index (Phi) is 5.76. The maximum Gasteiger partial charge on any atom is 0.240 e. The van der Waals surface area contributed by atoms with Crippen molar-refractivity contribution in [1.82, 2.24) is 9.71 Å². The topological polar surface area (TPSA) is 68.3 Å². The number of halogens is 1. The molecule has 1 aromatic carbocycles. The van der Waals surface area contributed by atoms with Crippen LogP contribution in [0.15, 0.2) is 47.5 Å². The first kappa shape index (κ1) is 16.7. The van der Waals surface area contributed by atoms with Gasteiger partial charge in [0, 0.05) is 18.4 Å². The molecule has 0 aliphatic carbocycles. The van der Waals surface area contributed by atoms with Crippen LogP contribution < -0.4 is 9.46 Å². The van der Waals surface area contributed by atoms with Crippen molar-refractivity contribution in [2.24, 2.45) is 0 Å². The maximum absolute atomic E-state index is 12.2. The molecule has 0 saturated carbocycles. The minimum absolute atomic E-state index is 0.121. The first-order valence-corrected chi connectivity index (χ1v) is 8.62. The van der Waals surface area contributed by atoms with Gasteiger partial charge in [0.05, 0.1) is 17.0 Å². The third-order valence-corrected chi connectivity index (χ3v) is 4.82. The summed E-state index contributed by atoms with van der Waals surface area (Å²) in [6, 6.07) is 10.0. The molecule has 2 aromatic rings. The largest absolute Gasteiger partial charge is 0.495 e. The summed E-state index contributed by atoms with van der Waals surface area (Å²) in [6.07, 6.45) is 3.10. The summed E-state index contributed by atoms with van der Waals surface area (Å²) < 4.78 is 31.9. The first-order valence-electron chi connectivity index (χ1n) is 6.76. The number of aryl methyl sites for hydroxylation is 1. The second-order valence-electron chi connectivity index (χ2n) is 4.62. The zero-order chi connectivity index (χ0) is 16.0. The van der Waals surface area contributed by atoms with Gasteiger partial charge in [0.15, 0.2) is 0 Å². The minimum atomic E-state index is -3.57. The van der Waals surface area contributed by atoms with Crippen molar-refractivity contribution >= 4 is 21.6 Å². The van der Waals surface area contributed by atoms with Crippen molar-refractivity contribution in [3.63, 3.8) is 0 Å². The molecule has 1 N–H and O–H groups in total. The van der Waals surface area contributed by atoms with E-state index in [1.807, 2.05) is 18.2 Å². The summed E-state index contributed by atoms with van der Waals surface area (Å²) >= 11 is 5.95. The maximum atomic E-state index is 12.2. The molecule has 118 valence electrons. The Labute approximate surface area is 135 Å². The van der Waals surface area contributed by atoms with Gasteiger partial charge < -0.3 is 4.74 Å². The van der Waals surface area contributed by atoms with Crippen molar-refractivity contribution in [2.75, 3.05) is 13.7 Å². The predicted octanol–water partition coefficient (Wildman–Crippen LogP) is 2.65. The molecule has 1 heterocycles. The normalized spacial score (nSPS) is 11.4. The second kappa shape index (κ2) is 7.58. The van der Waals surface area contributed by atoms with Crippen molar-refractivity contribution in [1.29, 1.82) is 0 Å². The van der Waals surface area contributed by atoms with Crippen LogP contribution in [0.25, 0.3) is 0 Å². The van der Waals surface area contributed by atoms with E-state index in [0.717, 1.165) is 5.69 Å². The van der Waals surface area contributed by atoms with Crippen LogP contribution in [0.1, 0.15) is 12.1 Å². The standard InChI is InChI=1S/C15H17ClN2O3S/c1-21-15-8-7-13(11-14(15)16)22(19,20)18-10-4-6-12-5-2-3-9-17-12/h2-3,5,7-9,11,18H,4,6,10H2,1H3. The molecular formula is C15H17ClN2O3S. The van der Waals surface area contributed by atoms with E-state index in [9.17, 15) is 8.42 Å². The van der Waals surface area contributed by atoms with Crippen molar-refractivity contribution in [3.05, 3.63) is 53.3 Å². The van der Waals surface area contributed by atoms with Gasteiger partial charge in [0.2, 0.25) is 10.0 Å². The van der Waals surface area contributed by atoms with Gasteiger partial charge in [-0.05, 0) is 43.2 Å². The first-order chi connectivity index (χ1) is 10.5. The Morgan fingerprint density at radius 1 is 1.27 bits per heavy atom. The number of nitrogens with one attached hydrogen (secondary N) is 1. The van der Waals surface area contributed by atoms with Crippen LogP contribution in [-0.2, 0) is 16.4 Å². The number of nitrogens with zero attached hydrogens (tertiary/aromatic N) is 1. The van der Waals surface area contributed by atoms with Crippen molar-refractivity contribution < 1.29 is 13.2 Å². The average molecular weight is 341 g/mol. The Morgan fingerprint density at radius 2 is 2.09 bits per heavy atom. The van der Waals surface area contributed by atoms with E-state index in [1.54, 1.807) is 6.20 Å². The smallest absolute Gasteiger partial charge is 0.240 e. The van der Waals surface area contributed by atoms with E-state index in [4.69, 9.17) is 16.3 Å². The van der Waals surface area contributed by atoms with Crippen molar-refractivity contribution in [3.8, 4) is 5.75 Å². The average Bonchev–Trinajstić information content (AvgIpc) is 2.52. The minimum Gasteiger partial charge on any atom is -0.495 e. The fourth-order valence-electron chi connectivity index (χ4n) is 1.92. The zero-order valence-electron chi connectivity index (χ0n) is 12.1. The Morgan fingerprint density at radius 3 is 2.73 bits per heavy atom. The summed E-state index contributed by atoms with van der Waals surface area (Å²) in [5.41, 5.74) is 0.939. The fraction of sp³-hybridized carbons (Fsp3) is 0.267. The van der Waals surface area contributed by atoms with Gasteiger partial charge in [-0.15, -0.1) is 0 Å². The Hall–Kier alpha value is -1.63. The van der Waals surface area contributed by atoms with Crippen LogP contribution in [0.5, 0.6) is 5.75 Å². The van der Waals surface area contributed by atoms with E-state index < -0.39 is 10.0 Å². The fourth-order valence-corrected chi connectivity index (χ4v) is 3.34. The number of benzene rings is 1. The van der Waals surface area contributed by atoms with Crippen molar-refractivity contribution in [2.45, 2.75) is 17.7 Å². The molecule has 0 radical (unpaired) electrons. The van der Waals surface area contributed by atoms with Crippen LogP contribution in [0.2, 0.25) is 5.02 Å². The van der Waals surface area contributed by atoms with E-state index in [1.165, 1.54) is 25.3 Å². The number of hydrogen-bond donors (Lipinski definition) is 1. The summed E-state index contributed by atoms with van der Waals surface area (Å²) in [5, 5.41) is 0.263. The molecule has 2 rings (SSSR count). The molecule has 0 bridgehead atoms. The van der Waals surface area contributed by atoms with E-state index in [-0.39, 0.29) is 9.92 Å². The molecule has 0 spiro atoms. The summed E-state index contributed by atoms with van der Waals surface area (Å²) in [4.78, 5) is 4.31. The molecule has 0 saturated heterocycles. The van der Waals surface area contributed by atoms with Gasteiger partial charge in [0.25, 0.3) is 0 Å². The highest BCUT2D eigenvalue weighted by Crippen LogP contribution is 2.26. The molecule has 0 aliphatic rings. The molecule has 0 fully saturated rings. The number of ether oxygens (including phenoxy) is 1. The molecular weight excluding hydrogens is 324 g/mol. The van der Waals surface area contributed by atoms with Gasteiger partial charge >= 0.3 is 0 Å². The number of sulfonamides is 1. The van der Waals surface area contributed by atoms with Gasteiger partial charge in [-0.1, -0.05) is 17.7 Å². The molecule has 7 heteroatoms. The van der Waals surface area contributed by atoms with Crippen LogP contribution >= 0.6 is 11.6 Å². The van der Waals surface area contributed by atoms with Gasteiger partial charge in [-0.3, -0.25) is 4.98 Å². The molecule has 0 atom stereocenters. The van der Waals surface area contributed by atoms with Crippen LogP contribution in [0, 0.1) is 0 Å². The lowest BCUT2D eigenvalue weighted by Crippen LogP contribution is -2.25. The summed E-state index contributed by atoms with van der Waals surface area (Å²) in [7, 11) is -2.10. The number of methoxy groups -OCH3 is 1. The molecule has 1 aromatic heterocycles. The van der Waals surface area contributed by atoms with E-state index in [2.05, 4.69) is 9.71 Å². The zero-order valence-corrected chi connectivity index (χ0v) is 13.7. The second-order valence-corrected chi connectivity index (χ2v) is 6.79. The molecule has 0 amide bonds.